The van der Waals surface area contributed by atoms with Crippen molar-refractivity contribution in [3.63, 3.8) is 0 Å². The molecule has 3 rings (SSSR count). The maximum atomic E-state index is 12.4. The van der Waals surface area contributed by atoms with Crippen LogP contribution in [0.3, 0.4) is 0 Å². The summed E-state index contributed by atoms with van der Waals surface area (Å²) in [7, 11) is 0. The van der Waals surface area contributed by atoms with Crippen molar-refractivity contribution in [1.82, 2.24) is 15.5 Å². The van der Waals surface area contributed by atoms with Crippen molar-refractivity contribution in [2.75, 3.05) is 13.2 Å². The quantitative estimate of drug-likeness (QED) is 0.851. The molecule has 0 saturated carbocycles. The third-order valence-corrected chi connectivity index (χ3v) is 4.59. The van der Waals surface area contributed by atoms with Gasteiger partial charge in [0.15, 0.2) is 0 Å². The Bertz CT molecular complexity index is 722. The van der Waals surface area contributed by atoms with Gasteiger partial charge in [0, 0.05) is 24.1 Å². The molecule has 1 N–H and O–H groups in total. The van der Waals surface area contributed by atoms with Crippen LogP contribution in [0.4, 0.5) is 0 Å². The maximum absolute atomic E-state index is 12.4. The van der Waals surface area contributed by atoms with Gasteiger partial charge in [-0.2, -0.15) is 0 Å². The van der Waals surface area contributed by atoms with Crippen molar-refractivity contribution in [3.05, 3.63) is 41.0 Å². The molecular weight excluding hydrogens is 334 g/mol. The van der Waals surface area contributed by atoms with Gasteiger partial charge in [-0.3, -0.25) is 9.78 Å². The molecule has 1 amide bonds. The predicted molar refractivity (Wildman–Crippen MR) is 95.1 cm³/mol. The van der Waals surface area contributed by atoms with E-state index >= 15 is 0 Å². The van der Waals surface area contributed by atoms with Crippen LogP contribution in [0.2, 0.25) is 0 Å². The number of amides is 1. The van der Waals surface area contributed by atoms with Gasteiger partial charge in [0.05, 0.1) is 31.1 Å². The van der Waals surface area contributed by atoms with E-state index in [1.807, 2.05) is 32.9 Å². The molecular formula is C19H25N3O4. The van der Waals surface area contributed by atoms with Crippen molar-refractivity contribution in [2.45, 2.75) is 52.2 Å². The Kier molecular flexibility index (Phi) is 5.88. The third-order valence-electron chi connectivity index (χ3n) is 4.59. The van der Waals surface area contributed by atoms with Crippen molar-refractivity contribution in [3.8, 4) is 5.75 Å². The van der Waals surface area contributed by atoms with Crippen LogP contribution in [-0.4, -0.2) is 41.4 Å². The molecule has 7 heteroatoms. The number of ether oxygens (including phenoxy) is 2. The molecule has 1 aliphatic rings. The van der Waals surface area contributed by atoms with Crippen LogP contribution in [0.25, 0.3) is 0 Å². The summed E-state index contributed by atoms with van der Waals surface area (Å²) < 4.78 is 16.7. The van der Waals surface area contributed by atoms with Gasteiger partial charge in [-0.1, -0.05) is 5.16 Å². The molecule has 140 valence electrons. The third kappa shape index (κ3) is 4.60. The first kappa shape index (κ1) is 18.4. The standard InChI is InChI=1S/C19H25N3O4/c1-12-4-5-15(10-20-12)25-18-8-9-24-11-17(18)21-19(23)7-6-16-13(2)22-26-14(16)3/h4-5,10,17-18H,6-9,11H2,1-3H3,(H,21,23)/t17-,18+/m1/s1. The summed E-state index contributed by atoms with van der Waals surface area (Å²) in [5, 5.41) is 6.96. The summed E-state index contributed by atoms with van der Waals surface area (Å²) in [4.78, 5) is 16.6. The topological polar surface area (TPSA) is 86.5 Å². The lowest BCUT2D eigenvalue weighted by Crippen LogP contribution is -2.51. The Morgan fingerprint density at radius 1 is 1.35 bits per heavy atom. The van der Waals surface area contributed by atoms with E-state index in [-0.39, 0.29) is 18.1 Å². The fourth-order valence-corrected chi connectivity index (χ4v) is 3.07. The fourth-order valence-electron chi connectivity index (χ4n) is 3.07. The average Bonchev–Trinajstić information content (AvgIpc) is 2.95. The van der Waals surface area contributed by atoms with Crippen LogP contribution in [0.5, 0.6) is 5.75 Å². The molecule has 0 bridgehead atoms. The Balaban J connectivity index is 1.55. The van der Waals surface area contributed by atoms with E-state index in [1.165, 1.54) is 0 Å². The monoisotopic (exact) mass is 359 g/mol. The van der Waals surface area contributed by atoms with Crippen molar-refractivity contribution >= 4 is 5.91 Å². The van der Waals surface area contributed by atoms with E-state index in [0.29, 0.717) is 31.8 Å². The molecule has 2 aromatic heterocycles. The molecule has 2 atom stereocenters. The van der Waals surface area contributed by atoms with Gasteiger partial charge in [-0.05, 0) is 39.3 Å². The van der Waals surface area contributed by atoms with E-state index in [2.05, 4.69) is 15.5 Å². The number of aryl methyl sites for hydroxylation is 3. The molecule has 3 heterocycles. The smallest absolute Gasteiger partial charge is 0.220 e. The van der Waals surface area contributed by atoms with Crippen LogP contribution >= 0.6 is 0 Å². The van der Waals surface area contributed by atoms with Gasteiger partial charge in [-0.15, -0.1) is 0 Å². The zero-order chi connectivity index (χ0) is 18.5. The molecule has 0 radical (unpaired) electrons. The number of rotatable bonds is 6. The number of aromatic nitrogens is 2. The average molecular weight is 359 g/mol. The highest BCUT2D eigenvalue weighted by atomic mass is 16.5. The van der Waals surface area contributed by atoms with Gasteiger partial charge in [0.2, 0.25) is 5.91 Å². The molecule has 0 unspecified atom stereocenters. The van der Waals surface area contributed by atoms with Gasteiger partial charge in [0.1, 0.15) is 17.6 Å². The Hall–Kier alpha value is -2.41. The van der Waals surface area contributed by atoms with Crippen LogP contribution in [-0.2, 0) is 16.0 Å². The minimum absolute atomic E-state index is 0.0314. The number of nitrogens with zero attached hydrogens (tertiary/aromatic N) is 2. The minimum atomic E-state index is -0.178. The van der Waals surface area contributed by atoms with E-state index in [9.17, 15) is 4.79 Å². The zero-order valence-electron chi connectivity index (χ0n) is 15.4. The first-order chi connectivity index (χ1) is 12.5. The molecule has 0 spiro atoms. The SMILES string of the molecule is Cc1ccc(O[C@H]2CCOC[C@H]2NC(=O)CCc2c(C)noc2C)cn1. The highest BCUT2D eigenvalue weighted by molar-refractivity contribution is 5.76. The summed E-state index contributed by atoms with van der Waals surface area (Å²) >= 11 is 0. The Labute approximate surface area is 153 Å². The molecule has 1 aliphatic heterocycles. The van der Waals surface area contributed by atoms with Crippen LogP contribution in [0.15, 0.2) is 22.9 Å². The zero-order valence-corrected chi connectivity index (χ0v) is 15.4. The largest absolute Gasteiger partial charge is 0.486 e. The van der Waals surface area contributed by atoms with Gasteiger partial charge < -0.3 is 19.3 Å². The molecule has 1 fully saturated rings. The minimum Gasteiger partial charge on any atom is -0.486 e. The lowest BCUT2D eigenvalue weighted by molar-refractivity contribution is -0.124. The Morgan fingerprint density at radius 3 is 2.88 bits per heavy atom. The van der Waals surface area contributed by atoms with Crippen LogP contribution in [0, 0.1) is 20.8 Å². The number of carbonyl (C=O) groups excluding carboxylic acids is 1. The summed E-state index contributed by atoms with van der Waals surface area (Å²) in [6.07, 6.45) is 3.28. The first-order valence-electron chi connectivity index (χ1n) is 8.91. The molecule has 0 aliphatic carbocycles. The second kappa shape index (κ2) is 8.31. The second-order valence-electron chi connectivity index (χ2n) is 6.63. The normalized spacial score (nSPS) is 20.0. The Morgan fingerprint density at radius 2 is 2.19 bits per heavy atom. The number of hydrogen-bond acceptors (Lipinski definition) is 6. The highest BCUT2D eigenvalue weighted by Gasteiger charge is 2.29. The van der Waals surface area contributed by atoms with E-state index < -0.39 is 0 Å². The summed E-state index contributed by atoms with van der Waals surface area (Å²) in [5.41, 5.74) is 2.77. The van der Waals surface area contributed by atoms with Gasteiger partial charge >= 0.3 is 0 Å². The number of nitrogens with one attached hydrogen (secondary N) is 1. The second-order valence-corrected chi connectivity index (χ2v) is 6.63. The van der Waals surface area contributed by atoms with E-state index in [0.717, 1.165) is 29.1 Å². The fraction of sp³-hybridized carbons (Fsp3) is 0.526. The summed E-state index contributed by atoms with van der Waals surface area (Å²) in [5.74, 6) is 1.44. The van der Waals surface area contributed by atoms with E-state index in [1.54, 1.807) is 6.20 Å². The van der Waals surface area contributed by atoms with Crippen molar-refractivity contribution in [1.29, 1.82) is 0 Å². The lowest BCUT2D eigenvalue weighted by Gasteiger charge is -2.32. The van der Waals surface area contributed by atoms with Crippen LogP contribution < -0.4 is 10.1 Å². The van der Waals surface area contributed by atoms with Crippen molar-refractivity contribution < 1.29 is 18.8 Å². The predicted octanol–water partition coefficient (Wildman–Crippen LogP) is 2.28. The molecule has 1 saturated heterocycles. The molecule has 7 nitrogen and oxygen atoms in total. The molecule has 2 aromatic rings. The van der Waals surface area contributed by atoms with Crippen molar-refractivity contribution in [2.24, 2.45) is 0 Å². The number of carbonyl (C=O) groups is 1. The van der Waals surface area contributed by atoms with Gasteiger partial charge in [-0.25, -0.2) is 0 Å². The first-order valence-corrected chi connectivity index (χ1v) is 8.91. The highest BCUT2D eigenvalue weighted by Crippen LogP contribution is 2.18. The summed E-state index contributed by atoms with van der Waals surface area (Å²) in [6, 6.07) is 3.63. The number of pyridine rings is 1. The molecule has 0 aromatic carbocycles. The summed E-state index contributed by atoms with van der Waals surface area (Å²) in [6.45, 7) is 6.75. The number of hydrogen-bond donors (Lipinski definition) is 1. The van der Waals surface area contributed by atoms with Crippen LogP contribution in [0.1, 0.15) is 35.6 Å². The molecule has 26 heavy (non-hydrogen) atoms. The van der Waals surface area contributed by atoms with E-state index in [4.69, 9.17) is 14.0 Å². The lowest BCUT2D eigenvalue weighted by atomic mass is 10.0. The maximum Gasteiger partial charge on any atom is 0.220 e. The van der Waals surface area contributed by atoms with Gasteiger partial charge in [0.25, 0.3) is 0 Å².